The van der Waals surface area contributed by atoms with Gasteiger partial charge in [-0.15, -0.1) is 0 Å². The molecule has 0 saturated heterocycles. The summed E-state index contributed by atoms with van der Waals surface area (Å²) >= 11 is 0. The second-order valence-corrected chi connectivity index (χ2v) is 7.07. The Morgan fingerprint density at radius 2 is 1.75 bits per heavy atom. The largest absolute Gasteiger partial charge is 0.449 e. The van der Waals surface area contributed by atoms with E-state index in [2.05, 4.69) is 15.3 Å². The number of benzene rings is 2. The molecule has 0 fully saturated rings. The number of hydrogen-bond donors (Lipinski definition) is 3. The van der Waals surface area contributed by atoms with Crippen LogP contribution < -0.4 is 11.0 Å². The van der Waals surface area contributed by atoms with Gasteiger partial charge in [-0.1, -0.05) is 6.07 Å². The van der Waals surface area contributed by atoms with Crippen LogP contribution in [-0.2, 0) is 22.4 Å². The van der Waals surface area contributed by atoms with Gasteiger partial charge in [0.05, 0.1) is 16.6 Å². The predicted molar refractivity (Wildman–Crippen MR) is 106 cm³/mol. The van der Waals surface area contributed by atoms with Gasteiger partial charge < -0.3 is 20.0 Å². The molecule has 4 rings (SSSR count). The van der Waals surface area contributed by atoms with Crippen LogP contribution in [0.1, 0.15) is 41.3 Å². The van der Waals surface area contributed by atoms with Gasteiger partial charge in [0, 0.05) is 5.69 Å². The molecule has 1 amide bonds. The molecule has 3 N–H and O–H groups in total. The Bertz CT molecular complexity index is 1110. The molecule has 0 unspecified atom stereocenters. The highest BCUT2D eigenvalue weighted by Gasteiger charge is 2.20. The number of amides is 1. The second kappa shape index (κ2) is 7.34. The zero-order valence-corrected chi connectivity index (χ0v) is 15.5. The molecule has 0 aliphatic heterocycles. The number of imidazole rings is 1. The van der Waals surface area contributed by atoms with E-state index in [1.807, 2.05) is 12.1 Å². The van der Waals surface area contributed by atoms with Gasteiger partial charge in [-0.25, -0.2) is 9.59 Å². The zero-order valence-electron chi connectivity index (χ0n) is 15.5. The number of aromatic nitrogens is 2. The topological polar surface area (TPSA) is 104 Å². The van der Waals surface area contributed by atoms with Gasteiger partial charge in [-0.05, 0) is 74.1 Å². The molecule has 28 heavy (non-hydrogen) atoms. The third kappa shape index (κ3) is 3.69. The number of anilines is 1. The Kier molecular flexibility index (Phi) is 4.73. The van der Waals surface area contributed by atoms with Gasteiger partial charge in [0.1, 0.15) is 0 Å². The van der Waals surface area contributed by atoms with Crippen LogP contribution >= 0.6 is 0 Å². The van der Waals surface area contributed by atoms with Crippen LogP contribution in [0.3, 0.4) is 0 Å². The van der Waals surface area contributed by atoms with E-state index in [-0.39, 0.29) is 5.69 Å². The molecule has 1 aliphatic rings. The molecular formula is C21H21N3O4. The maximum Gasteiger partial charge on any atom is 0.338 e. The minimum Gasteiger partial charge on any atom is -0.449 e. The lowest BCUT2D eigenvalue weighted by Gasteiger charge is -2.17. The third-order valence-electron chi connectivity index (χ3n) is 5.02. The molecule has 0 saturated carbocycles. The molecule has 0 spiro atoms. The van der Waals surface area contributed by atoms with E-state index in [0.717, 1.165) is 19.3 Å². The normalized spacial score (nSPS) is 14.3. The zero-order chi connectivity index (χ0) is 19.7. The van der Waals surface area contributed by atoms with Gasteiger partial charge in [-0.2, -0.15) is 0 Å². The molecule has 2 aromatic carbocycles. The lowest BCUT2D eigenvalue weighted by Crippen LogP contribution is -2.30. The Morgan fingerprint density at radius 3 is 2.57 bits per heavy atom. The SMILES string of the molecule is C[C@H](OC(=O)c1ccc2c(c1)CCCC2)C(=O)Nc1ccc2[nH]c(=O)[nH]c2c1. The third-order valence-corrected chi connectivity index (χ3v) is 5.02. The monoisotopic (exact) mass is 379 g/mol. The van der Waals surface area contributed by atoms with Crippen molar-refractivity contribution >= 4 is 28.6 Å². The van der Waals surface area contributed by atoms with Gasteiger partial charge in [0.15, 0.2) is 6.10 Å². The first-order valence-electron chi connectivity index (χ1n) is 9.35. The van der Waals surface area contributed by atoms with Crippen LogP contribution in [0.5, 0.6) is 0 Å². The Hall–Kier alpha value is -3.35. The number of rotatable bonds is 4. The number of aromatic amines is 2. The minimum absolute atomic E-state index is 0.314. The summed E-state index contributed by atoms with van der Waals surface area (Å²) in [6, 6.07) is 10.6. The van der Waals surface area contributed by atoms with Crippen molar-refractivity contribution in [2.45, 2.75) is 38.7 Å². The summed E-state index contributed by atoms with van der Waals surface area (Å²) in [6.45, 7) is 1.53. The molecule has 7 heteroatoms. The summed E-state index contributed by atoms with van der Waals surface area (Å²) in [7, 11) is 0. The van der Waals surface area contributed by atoms with Crippen LogP contribution in [0.4, 0.5) is 5.69 Å². The van der Waals surface area contributed by atoms with Crippen LogP contribution in [-0.4, -0.2) is 27.9 Å². The fraction of sp³-hybridized carbons (Fsp3) is 0.286. The van der Waals surface area contributed by atoms with Crippen molar-refractivity contribution < 1.29 is 14.3 Å². The minimum atomic E-state index is -0.954. The highest BCUT2D eigenvalue weighted by atomic mass is 16.5. The van der Waals surface area contributed by atoms with Crippen LogP contribution in [0.25, 0.3) is 11.0 Å². The number of aryl methyl sites for hydroxylation is 2. The summed E-state index contributed by atoms with van der Waals surface area (Å²) in [6.07, 6.45) is 3.36. The number of carbonyl (C=O) groups excluding carboxylic acids is 2. The molecule has 1 heterocycles. The number of carbonyl (C=O) groups is 2. The lowest BCUT2D eigenvalue weighted by molar-refractivity contribution is -0.123. The van der Waals surface area contributed by atoms with Gasteiger partial charge in [-0.3, -0.25) is 4.79 Å². The number of H-pyrrole nitrogens is 2. The van der Waals surface area contributed by atoms with E-state index >= 15 is 0 Å². The smallest absolute Gasteiger partial charge is 0.338 e. The maximum atomic E-state index is 12.4. The Morgan fingerprint density at radius 1 is 1.00 bits per heavy atom. The van der Waals surface area contributed by atoms with E-state index in [0.29, 0.717) is 22.3 Å². The average molecular weight is 379 g/mol. The van der Waals surface area contributed by atoms with Crippen molar-refractivity contribution in [3.8, 4) is 0 Å². The van der Waals surface area contributed by atoms with E-state index in [9.17, 15) is 14.4 Å². The number of fused-ring (bicyclic) bond motifs is 2. The number of esters is 1. The summed E-state index contributed by atoms with van der Waals surface area (Å²) < 4.78 is 5.34. The van der Waals surface area contributed by atoms with E-state index in [1.54, 1.807) is 24.3 Å². The van der Waals surface area contributed by atoms with E-state index < -0.39 is 18.0 Å². The van der Waals surface area contributed by atoms with Gasteiger partial charge in [0.2, 0.25) is 0 Å². The summed E-state index contributed by atoms with van der Waals surface area (Å²) in [5, 5.41) is 2.70. The fourth-order valence-corrected chi connectivity index (χ4v) is 3.50. The molecule has 3 aromatic rings. The highest BCUT2D eigenvalue weighted by Crippen LogP contribution is 2.23. The van der Waals surface area contributed by atoms with Gasteiger partial charge >= 0.3 is 11.7 Å². The molecule has 144 valence electrons. The predicted octanol–water partition coefficient (Wildman–Crippen LogP) is 2.92. The number of ether oxygens (including phenoxy) is 1. The lowest BCUT2D eigenvalue weighted by atomic mass is 9.90. The maximum absolute atomic E-state index is 12.4. The van der Waals surface area contributed by atoms with Gasteiger partial charge in [0.25, 0.3) is 5.91 Å². The molecule has 1 aliphatic carbocycles. The first-order chi connectivity index (χ1) is 13.5. The number of hydrogen-bond acceptors (Lipinski definition) is 4. The standard InChI is InChI=1S/C21H21N3O4/c1-12(19(25)22-16-8-9-17-18(11-16)24-21(27)23-17)28-20(26)15-7-6-13-4-2-3-5-14(13)10-15/h6-12H,2-5H2,1H3,(H,22,25)(H2,23,24,27)/t12-/m0/s1. The van der Waals surface area contributed by atoms with E-state index in [1.165, 1.54) is 24.5 Å². The highest BCUT2D eigenvalue weighted by molar-refractivity contribution is 5.98. The van der Waals surface area contributed by atoms with E-state index in [4.69, 9.17) is 4.74 Å². The van der Waals surface area contributed by atoms with Crippen molar-refractivity contribution in [2.24, 2.45) is 0 Å². The molecule has 0 bridgehead atoms. The summed E-state index contributed by atoms with van der Waals surface area (Å²) in [5.74, 6) is -0.954. The molecule has 1 aromatic heterocycles. The van der Waals surface area contributed by atoms with Crippen molar-refractivity contribution in [1.29, 1.82) is 0 Å². The van der Waals surface area contributed by atoms with Crippen LogP contribution in [0.2, 0.25) is 0 Å². The van der Waals surface area contributed by atoms with Crippen LogP contribution in [0.15, 0.2) is 41.2 Å². The fourth-order valence-electron chi connectivity index (χ4n) is 3.50. The molecule has 1 atom stereocenters. The molecular weight excluding hydrogens is 358 g/mol. The summed E-state index contributed by atoms with van der Waals surface area (Å²) in [4.78, 5) is 41.4. The Labute approximate surface area is 161 Å². The first kappa shape index (κ1) is 18.0. The number of nitrogens with one attached hydrogen (secondary N) is 3. The average Bonchev–Trinajstić information content (AvgIpc) is 3.06. The second-order valence-electron chi connectivity index (χ2n) is 7.07. The van der Waals surface area contributed by atoms with Crippen molar-refractivity contribution in [3.63, 3.8) is 0 Å². The van der Waals surface area contributed by atoms with Crippen LogP contribution in [0, 0.1) is 0 Å². The van der Waals surface area contributed by atoms with Crippen molar-refractivity contribution in [2.75, 3.05) is 5.32 Å². The Balaban J connectivity index is 1.41. The van der Waals surface area contributed by atoms with Crippen molar-refractivity contribution in [3.05, 3.63) is 63.6 Å². The quantitative estimate of drug-likeness (QED) is 0.606. The first-order valence-corrected chi connectivity index (χ1v) is 9.35. The molecule has 0 radical (unpaired) electrons. The van der Waals surface area contributed by atoms with Crippen molar-refractivity contribution in [1.82, 2.24) is 9.97 Å². The molecule has 7 nitrogen and oxygen atoms in total. The summed E-state index contributed by atoms with van der Waals surface area (Å²) in [5.41, 5.74) is 4.36.